The lowest BCUT2D eigenvalue weighted by Crippen LogP contribution is -1.96. The second-order valence-electron chi connectivity index (χ2n) is 4.80. The van der Waals surface area contributed by atoms with Crippen LogP contribution in [0, 0.1) is 0 Å². The molecule has 0 unspecified atom stereocenters. The van der Waals surface area contributed by atoms with Gasteiger partial charge in [0, 0.05) is 23.2 Å². The fraction of sp³-hybridized carbons (Fsp3) is 0.0526. The van der Waals surface area contributed by atoms with Crippen molar-refractivity contribution in [1.29, 1.82) is 0 Å². The molecule has 0 aliphatic rings. The van der Waals surface area contributed by atoms with Gasteiger partial charge in [-0.05, 0) is 11.6 Å². The van der Waals surface area contributed by atoms with Crippen LogP contribution < -0.4 is 0 Å². The van der Waals surface area contributed by atoms with Crippen molar-refractivity contribution in [3.8, 4) is 22.4 Å². The Balaban J connectivity index is 2.18. The number of rotatable bonds is 4. The summed E-state index contributed by atoms with van der Waals surface area (Å²) in [6.45, 7) is 0. The number of benzene rings is 2. The van der Waals surface area contributed by atoms with Crippen molar-refractivity contribution >= 4 is 6.29 Å². The molecule has 0 saturated carbocycles. The van der Waals surface area contributed by atoms with Crippen molar-refractivity contribution in [2.45, 2.75) is 6.42 Å². The van der Waals surface area contributed by atoms with Crippen molar-refractivity contribution in [1.82, 2.24) is 4.98 Å². The Morgan fingerprint density at radius 2 is 1.38 bits per heavy atom. The topological polar surface area (TPSA) is 30.0 Å². The minimum absolute atomic E-state index is 0.342. The molecule has 1 aromatic heterocycles. The fourth-order valence-corrected chi connectivity index (χ4v) is 2.37. The number of aldehydes is 1. The van der Waals surface area contributed by atoms with E-state index in [9.17, 15) is 4.79 Å². The molecule has 102 valence electrons. The highest BCUT2D eigenvalue weighted by Crippen LogP contribution is 2.30. The summed E-state index contributed by atoms with van der Waals surface area (Å²) in [4.78, 5) is 15.4. The Bertz CT molecular complexity index is 736. The van der Waals surface area contributed by atoms with Crippen molar-refractivity contribution in [3.63, 3.8) is 0 Å². The van der Waals surface area contributed by atoms with Crippen LogP contribution in [-0.2, 0) is 11.2 Å². The molecule has 0 aliphatic heterocycles. The number of hydrogen-bond donors (Lipinski definition) is 0. The van der Waals surface area contributed by atoms with Gasteiger partial charge in [0.15, 0.2) is 0 Å². The lowest BCUT2D eigenvalue weighted by atomic mass is 9.98. The Morgan fingerprint density at radius 1 is 0.762 bits per heavy atom. The Hall–Kier alpha value is -2.74. The monoisotopic (exact) mass is 273 g/mol. The molecule has 2 aromatic carbocycles. The first-order chi connectivity index (χ1) is 10.4. The van der Waals surface area contributed by atoms with Crippen LogP contribution in [0.2, 0.25) is 0 Å². The zero-order valence-corrected chi connectivity index (χ0v) is 11.6. The maximum atomic E-state index is 10.7. The minimum atomic E-state index is 0.342. The molecule has 0 spiro atoms. The first kappa shape index (κ1) is 13.3. The summed E-state index contributed by atoms with van der Waals surface area (Å²) in [5.41, 5.74) is 4.98. The summed E-state index contributed by atoms with van der Waals surface area (Å²) < 4.78 is 0. The van der Waals surface area contributed by atoms with Crippen LogP contribution in [0.15, 0.2) is 72.8 Å². The molecule has 0 aliphatic carbocycles. The molecule has 0 bridgehead atoms. The van der Waals surface area contributed by atoms with Gasteiger partial charge >= 0.3 is 0 Å². The van der Waals surface area contributed by atoms with Crippen molar-refractivity contribution < 1.29 is 4.79 Å². The van der Waals surface area contributed by atoms with Gasteiger partial charge in [-0.1, -0.05) is 66.7 Å². The molecule has 0 radical (unpaired) electrons. The maximum Gasteiger partial charge on any atom is 0.125 e. The summed E-state index contributed by atoms with van der Waals surface area (Å²) in [5.74, 6) is 0. The molecule has 2 nitrogen and oxygen atoms in total. The molecular weight excluding hydrogens is 258 g/mol. The van der Waals surface area contributed by atoms with E-state index in [2.05, 4.69) is 17.1 Å². The highest BCUT2D eigenvalue weighted by Gasteiger charge is 2.09. The maximum absolute atomic E-state index is 10.7. The first-order valence-corrected chi connectivity index (χ1v) is 6.93. The fourth-order valence-electron chi connectivity index (χ4n) is 2.37. The third kappa shape index (κ3) is 2.90. The number of aromatic nitrogens is 1. The number of hydrogen-bond acceptors (Lipinski definition) is 2. The largest absolute Gasteiger partial charge is 0.303 e. The number of pyridine rings is 1. The van der Waals surface area contributed by atoms with E-state index in [1.807, 2.05) is 60.7 Å². The summed E-state index contributed by atoms with van der Waals surface area (Å²) in [7, 11) is 0. The van der Waals surface area contributed by atoms with Crippen LogP contribution >= 0.6 is 0 Å². The van der Waals surface area contributed by atoms with Crippen molar-refractivity contribution in [2.75, 3.05) is 0 Å². The molecule has 1 heterocycles. The molecule has 0 atom stereocenters. The first-order valence-electron chi connectivity index (χ1n) is 6.93. The number of nitrogens with zero attached hydrogens (tertiary/aromatic N) is 1. The van der Waals surface area contributed by atoms with Crippen LogP contribution in [0.1, 0.15) is 5.69 Å². The predicted octanol–water partition coefficient (Wildman–Crippen LogP) is 4.16. The van der Waals surface area contributed by atoms with Crippen molar-refractivity contribution in [3.05, 3.63) is 78.5 Å². The van der Waals surface area contributed by atoms with E-state index in [1.54, 1.807) is 0 Å². The smallest absolute Gasteiger partial charge is 0.125 e. The average Bonchev–Trinajstić information content (AvgIpc) is 2.57. The van der Waals surface area contributed by atoms with Gasteiger partial charge in [-0.15, -0.1) is 0 Å². The van der Waals surface area contributed by atoms with Gasteiger partial charge in [0.25, 0.3) is 0 Å². The number of carbonyl (C=O) groups is 1. The summed E-state index contributed by atoms with van der Waals surface area (Å²) in [5, 5.41) is 0. The Kier molecular flexibility index (Phi) is 3.88. The van der Waals surface area contributed by atoms with E-state index in [4.69, 9.17) is 0 Å². The van der Waals surface area contributed by atoms with Gasteiger partial charge in [-0.3, -0.25) is 4.98 Å². The van der Waals surface area contributed by atoms with E-state index < -0.39 is 0 Å². The molecule has 0 N–H and O–H groups in total. The van der Waals surface area contributed by atoms with E-state index in [1.165, 1.54) is 0 Å². The third-order valence-corrected chi connectivity index (χ3v) is 3.38. The third-order valence-electron chi connectivity index (χ3n) is 3.38. The summed E-state index contributed by atoms with van der Waals surface area (Å²) in [6, 6.07) is 24.2. The molecule has 21 heavy (non-hydrogen) atoms. The normalized spacial score (nSPS) is 10.3. The minimum Gasteiger partial charge on any atom is -0.303 e. The van der Waals surface area contributed by atoms with Crippen LogP contribution in [-0.4, -0.2) is 11.3 Å². The average molecular weight is 273 g/mol. The Labute approximate surface area is 124 Å². The van der Waals surface area contributed by atoms with E-state index in [0.717, 1.165) is 34.4 Å². The molecule has 0 fully saturated rings. The second-order valence-corrected chi connectivity index (χ2v) is 4.80. The van der Waals surface area contributed by atoms with Crippen molar-refractivity contribution in [2.24, 2.45) is 0 Å². The highest BCUT2D eigenvalue weighted by atomic mass is 16.1. The van der Waals surface area contributed by atoms with E-state index in [0.29, 0.717) is 6.42 Å². The molecule has 2 heteroatoms. The zero-order chi connectivity index (χ0) is 14.5. The van der Waals surface area contributed by atoms with E-state index >= 15 is 0 Å². The van der Waals surface area contributed by atoms with Crippen LogP contribution in [0.4, 0.5) is 0 Å². The zero-order valence-electron chi connectivity index (χ0n) is 11.6. The summed E-state index contributed by atoms with van der Waals surface area (Å²) in [6.07, 6.45) is 1.23. The van der Waals surface area contributed by atoms with Gasteiger partial charge in [0.1, 0.15) is 6.29 Å². The summed E-state index contributed by atoms with van der Waals surface area (Å²) >= 11 is 0. The van der Waals surface area contributed by atoms with Gasteiger partial charge in [0.05, 0.1) is 5.69 Å². The van der Waals surface area contributed by atoms with Crippen LogP contribution in [0.5, 0.6) is 0 Å². The molecule has 0 saturated heterocycles. The van der Waals surface area contributed by atoms with Gasteiger partial charge in [0.2, 0.25) is 0 Å². The Morgan fingerprint density at radius 3 is 2.00 bits per heavy atom. The lowest BCUT2D eigenvalue weighted by molar-refractivity contribution is -0.107. The standard InChI is InChI=1S/C19H15NO/c21-14-13-17-11-12-18(15-7-3-1-4-8-15)19(20-17)16-9-5-2-6-10-16/h1-12,14H,13H2. The predicted molar refractivity (Wildman–Crippen MR) is 84.9 cm³/mol. The van der Waals surface area contributed by atoms with Gasteiger partial charge < -0.3 is 4.79 Å². The SMILES string of the molecule is O=CCc1ccc(-c2ccccc2)c(-c2ccccc2)n1. The lowest BCUT2D eigenvalue weighted by Gasteiger charge is -2.11. The second kappa shape index (κ2) is 6.14. The molecular formula is C19H15NO. The molecule has 3 aromatic rings. The van der Waals surface area contributed by atoms with Gasteiger partial charge in [-0.25, -0.2) is 0 Å². The molecule has 3 rings (SSSR count). The number of carbonyl (C=O) groups excluding carboxylic acids is 1. The quantitative estimate of drug-likeness (QED) is 0.668. The van der Waals surface area contributed by atoms with Gasteiger partial charge in [-0.2, -0.15) is 0 Å². The van der Waals surface area contributed by atoms with Crippen LogP contribution in [0.3, 0.4) is 0 Å². The van der Waals surface area contributed by atoms with Crippen LogP contribution in [0.25, 0.3) is 22.4 Å². The highest BCUT2D eigenvalue weighted by molar-refractivity contribution is 5.81. The van der Waals surface area contributed by atoms with E-state index in [-0.39, 0.29) is 0 Å². The molecule has 0 amide bonds.